The van der Waals surface area contributed by atoms with Crippen molar-refractivity contribution in [3.8, 4) is 0 Å². The smallest absolute Gasteiger partial charge is 0.0589 e. The molecule has 0 fully saturated rings. The Labute approximate surface area is 81.5 Å². The SMILES string of the molecule is C=CCN(CCOC)CC(N)CC. The van der Waals surface area contributed by atoms with Gasteiger partial charge in [-0.15, -0.1) is 6.58 Å². The van der Waals surface area contributed by atoms with E-state index in [9.17, 15) is 0 Å². The van der Waals surface area contributed by atoms with E-state index in [1.807, 2.05) is 6.08 Å². The van der Waals surface area contributed by atoms with Crippen LogP contribution in [0.1, 0.15) is 13.3 Å². The number of hydrogen-bond donors (Lipinski definition) is 1. The van der Waals surface area contributed by atoms with E-state index in [4.69, 9.17) is 10.5 Å². The van der Waals surface area contributed by atoms with E-state index in [2.05, 4.69) is 18.4 Å². The van der Waals surface area contributed by atoms with Crippen LogP contribution in [0.3, 0.4) is 0 Å². The zero-order valence-electron chi connectivity index (χ0n) is 8.83. The van der Waals surface area contributed by atoms with Gasteiger partial charge >= 0.3 is 0 Å². The van der Waals surface area contributed by atoms with Crippen molar-refractivity contribution in [3.05, 3.63) is 12.7 Å². The predicted molar refractivity (Wildman–Crippen MR) is 56.8 cm³/mol. The van der Waals surface area contributed by atoms with Crippen LogP contribution in [0.15, 0.2) is 12.7 Å². The minimum Gasteiger partial charge on any atom is -0.383 e. The maximum atomic E-state index is 5.86. The van der Waals surface area contributed by atoms with Gasteiger partial charge in [0.1, 0.15) is 0 Å². The second kappa shape index (κ2) is 8.23. The van der Waals surface area contributed by atoms with Gasteiger partial charge in [-0.3, -0.25) is 4.90 Å². The fourth-order valence-electron chi connectivity index (χ4n) is 1.12. The highest BCUT2D eigenvalue weighted by molar-refractivity contribution is 4.76. The fraction of sp³-hybridized carbons (Fsp3) is 0.800. The van der Waals surface area contributed by atoms with Gasteiger partial charge in [0.2, 0.25) is 0 Å². The first-order valence-corrected chi connectivity index (χ1v) is 4.82. The Morgan fingerprint density at radius 3 is 2.77 bits per heavy atom. The summed E-state index contributed by atoms with van der Waals surface area (Å²) < 4.78 is 5.02. The molecule has 0 aromatic carbocycles. The third-order valence-electron chi connectivity index (χ3n) is 2.02. The molecule has 0 aliphatic heterocycles. The van der Waals surface area contributed by atoms with Gasteiger partial charge in [-0.1, -0.05) is 13.0 Å². The van der Waals surface area contributed by atoms with Crippen LogP contribution >= 0.6 is 0 Å². The van der Waals surface area contributed by atoms with Gasteiger partial charge in [0.15, 0.2) is 0 Å². The number of ether oxygens (including phenoxy) is 1. The summed E-state index contributed by atoms with van der Waals surface area (Å²) in [7, 11) is 1.71. The molecule has 0 heterocycles. The molecular weight excluding hydrogens is 164 g/mol. The zero-order chi connectivity index (χ0) is 10.1. The van der Waals surface area contributed by atoms with Gasteiger partial charge < -0.3 is 10.5 Å². The molecule has 0 rings (SSSR count). The Kier molecular flexibility index (Phi) is 7.99. The normalized spacial score (nSPS) is 13.2. The first-order chi connectivity index (χ1) is 6.24. The lowest BCUT2D eigenvalue weighted by Gasteiger charge is -2.23. The molecule has 0 aromatic heterocycles. The summed E-state index contributed by atoms with van der Waals surface area (Å²) in [6.45, 7) is 9.31. The van der Waals surface area contributed by atoms with Crippen molar-refractivity contribution in [3.63, 3.8) is 0 Å². The van der Waals surface area contributed by atoms with Crippen LogP contribution in [0.25, 0.3) is 0 Å². The van der Waals surface area contributed by atoms with Crippen molar-refractivity contribution >= 4 is 0 Å². The van der Waals surface area contributed by atoms with Crippen LogP contribution in [-0.4, -0.2) is 44.3 Å². The standard InChI is InChI=1S/C10H22N2O/c1-4-6-12(7-8-13-3)9-10(11)5-2/h4,10H,1,5-9,11H2,2-3H3. The van der Waals surface area contributed by atoms with E-state index in [1.165, 1.54) is 0 Å². The Balaban J connectivity index is 3.71. The van der Waals surface area contributed by atoms with E-state index in [0.29, 0.717) is 0 Å². The molecule has 2 N–H and O–H groups in total. The lowest BCUT2D eigenvalue weighted by atomic mass is 10.2. The molecule has 0 saturated carbocycles. The number of nitrogens with two attached hydrogens (primary N) is 1. The van der Waals surface area contributed by atoms with Crippen molar-refractivity contribution < 1.29 is 4.74 Å². The molecule has 0 radical (unpaired) electrons. The highest BCUT2D eigenvalue weighted by atomic mass is 16.5. The summed E-state index contributed by atoms with van der Waals surface area (Å²) in [6.07, 6.45) is 2.92. The number of hydrogen-bond acceptors (Lipinski definition) is 3. The Morgan fingerprint density at radius 2 is 2.31 bits per heavy atom. The number of rotatable bonds is 8. The van der Waals surface area contributed by atoms with Gasteiger partial charge in [-0.2, -0.15) is 0 Å². The average Bonchev–Trinajstić information content (AvgIpc) is 2.14. The Bertz CT molecular complexity index is 128. The van der Waals surface area contributed by atoms with Crippen molar-refractivity contribution in [2.24, 2.45) is 5.73 Å². The molecule has 0 spiro atoms. The summed E-state index contributed by atoms with van der Waals surface area (Å²) >= 11 is 0. The van der Waals surface area contributed by atoms with Gasteiger partial charge in [0.05, 0.1) is 6.61 Å². The summed E-state index contributed by atoms with van der Waals surface area (Å²) in [6, 6.07) is 0.261. The average molecular weight is 186 g/mol. The molecule has 0 amide bonds. The molecule has 1 atom stereocenters. The van der Waals surface area contributed by atoms with Crippen LogP contribution in [0, 0.1) is 0 Å². The minimum absolute atomic E-state index is 0.261. The van der Waals surface area contributed by atoms with Crippen LogP contribution < -0.4 is 5.73 Å². The molecule has 0 aromatic rings. The van der Waals surface area contributed by atoms with E-state index in [1.54, 1.807) is 7.11 Å². The largest absolute Gasteiger partial charge is 0.383 e. The minimum atomic E-state index is 0.261. The molecular formula is C10H22N2O. The molecule has 0 aliphatic rings. The molecule has 13 heavy (non-hydrogen) atoms. The van der Waals surface area contributed by atoms with Crippen LogP contribution in [0.4, 0.5) is 0 Å². The molecule has 0 saturated heterocycles. The lowest BCUT2D eigenvalue weighted by Crippen LogP contribution is -2.38. The first-order valence-electron chi connectivity index (χ1n) is 4.82. The number of methoxy groups -OCH3 is 1. The van der Waals surface area contributed by atoms with E-state index >= 15 is 0 Å². The molecule has 1 unspecified atom stereocenters. The van der Waals surface area contributed by atoms with Gasteiger partial charge in [-0.05, 0) is 6.42 Å². The van der Waals surface area contributed by atoms with Crippen molar-refractivity contribution in [2.45, 2.75) is 19.4 Å². The van der Waals surface area contributed by atoms with Crippen LogP contribution in [0.5, 0.6) is 0 Å². The Morgan fingerprint density at radius 1 is 1.62 bits per heavy atom. The van der Waals surface area contributed by atoms with Crippen LogP contribution in [0.2, 0.25) is 0 Å². The van der Waals surface area contributed by atoms with E-state index in [-0.39, 0.29) is 6.04 Å². The van der Waals surface area contributed by atoms with E-state index < -0.39 is 0 Å². The Hall–Kier alpha value is -0.380. The molecule has 3 heteroatoms. The molecule has 78 valence electrons. The van der Waals surface area contributed by atoms with Gasteiger partial charge in [0.25, 0.3) is 0 Å². The van der Waals surface area contributed by atoms with Crippen LogP contribution in [-0.2, 0) is 4.74 Å². The second-order valence-electron chi connectivity index (χ2n) is 3.21. The number of nitrogens with zero attached hydrogens (tertiary/aromatic N) is 1. The fourth-order valence-corrected chi connectivity index (χ4v) is 1.12. The summed E-state index contributed by atoms with van der Waals surface area (Å²) in [4.78, 5) is 2.25. The third kappa shape index (κ3) is 6.75. The topological polar surface area (TPSA) is 38.5 Å². The summed E-state index contributed by atoms with van der Waals surface area (Å²) in [5.41, 5.74) is 5.86. The second-order valence-corrected chi connectivity index (χ2v) is 3.21. The maximum Gasteiger partial charge on any atom is 0.0589 e. The molecule has 0 bridgehead atoms. The van der Waals surface area contributed by atoms with E-state index in [0.717, 1.165) is 32.7 Å². The zero-order valence-corrected chi connectivity index (χ0v) is 8.83. The lowest BCUT2D eigenvalue weighted by molar-refractivity contribution is 0.150. The third-order valence-corrected chi connectivity index (χ3v) is 2.02. The highest BCUT2D eigenvalue weighted by Crippen LogP contribution is 1.94. The molecule has 0 aliphatic carbocycles. The monoisotopic (exact) mass is 186 g/mol. The van der Waals surface area contributed by atoms with Crippen molar-refractivity contribution in [2.75, 3.05) is 33.4 Å². The van der Waals surface area contributed by atoms with Gasteiger partial charge in [-0.25, -0.2) is 0 Å². The van der Waals surface area contributed by atoms with Crippen molar-refractivity contribution in [1.29, 1.82) is 0 Å². The maximum absolute atomic E-state index is 5.86. The van der Waals surface area contributed by atoms with Crippen molar-refractivity contribution in [1.82, 2.24) is 4.90 Å². The summed E-state index contributed by atoms with van der Waals surface area (Å²) in [5, 5.41) is 0. The summed E-state index contributed by atoms with van der Waals surface area (Å²) in [5.74, 6) is 0. The van der Waals surface area contributed by atoms with Gasteiger partial charge in [0, 0.05) is 32.8 Å². The molecule has 3 nitrogen and oxygen atoms in total. The predicted octanol–water partition coefficient (Wildman–Crippen LogP) is 0.858. The quantitative estimate of drug-likeness (QED) is 0.571. The first kappa shape index (κ1) is 12.6. The highest BCUT2D eigenvalue weighted by Gasteiger charge is 2.06.